The van der Waals surface area contributed by atoms with Gasteiger partial charge in [0.05, 0.1) is 9.68 Å². The molecule has 42 valence electrons. The molecule has 3 heteroatoms. The van der Waals surface area contributed by atoms with E-state index in [1.165, 1.54) is 0 Å². The summed E-state index contributed by atoms with van der Waals surface area (Å²) < 4.78 is 2.68. The summed E-state index contributed by atoms with van der Waals surface area (Å²) in [6.07, 6.45) is 0. The third-order valence-electron chi connectivity index (χ3n) is 1.89. The van der Waals surface area contributed by atoms with Crippen LogP contribution in [0, 0.1) is 0 Å². The smallest absolute Gasteiger partial charge is 0.100 e. The molecule has 1 nitrogen and oxygen atoms in total. The van der Waals surface area contributed by atoms with Crippen LogP contribution in [0.4, 0.5) is 0 Å². The highest BCUT2D eigenvalue weighted by Gasteiger charge is 2.16. The maximum Gasteiger partial charge on any atom is 0.100 e. The third-order valence-corrected chi connectivity index (χ3v) is 9.52. The molecule has 0 aromatic rings. The van der Waals surface area contributed by atoms with Gasteiger partial charge < -0.3 is 4.23 Å². The first-order valence-corrected chi connectivity index (χ1v) is 7.13. The minimum Gasteiger partial charge on any atom is -0.355 e. The molecular formula is C4H13NSi2. The molecule has 1 saturated heterocycles. The molecule has 0 N–H and O–H groups in total. The molecule has 1 heterocycles. The Kier molecular flexibility index (Phi) is 1.66. The van der Waals surface area contributed by atoms with E-state index in [1.54, 1.807) is 12.1 Å². The Balaban J connectivity index is 2.33. The topological polar surface area (TPSA) is 3.24 Å². The van der Waals surface area contributed by atoms with Crippen molar-refractivity contribution in [3.63, 3.8) is 0 Å². The fourth-order valence-electron chi connectivity index (χ4n) is 1.08. The molecule has 7 heavy (non-hydrogen) atoms. The third kappa shape index (κ3) is 1.14. The monoisotopic (exact) mass is 131 g/mol. The van der Waals surface area contributed by atoms with Crippen LogP contribution in [0.2, 0.25) is 18.6 Å². The first-order chi connectivity index (χ1) is 3.30. The molecule has 0 aliphatic carbocycles. The maximum atomic E-state index is 2.68. The number of nitrogens with zero attached hydrogens (tertiary/aromatic N) is 1. The highest BCUT2D eigenvalue weighted by atomic mass is 28.3. The van der Waals surface area contributed by atoms with Gasteiger partial charge in [-0.1, -0.05) is 12.6 Å². The summed E-state index contributed by atoms with van der Waals surface area (Å²) in [5.41, 5.74) is 0. The van der Waals surface area contributed by atoms with Crippen molar-refractivity contribution in [1.82, 2.24) is 4.23 Å². The molecule has 0 spiro atoms. The SMILES string of the molecule is CN1[SiH2]CC[SiH]1C. The predicted molar refractivity (Wildman–Crippen MR) is 38.9 cm³/mol. The van der Waals surface area contributed by atoms with E-state index in [9.17, 15) is 0 Å². The molecule has 1 atom stereocenters. The Morgan fingerprint density at radius 2 is 2.43 bits per heavy atom. The molecule has 1 aliphatic rings. The summed E-state index contributed by atoms with van der Waals surface area (Å²) in [5.74, 6) is 0. The van der Waals surface area contributed by atoms with Crippen molar-refractivity contribution in [2.75, 3.05) is 7.05 Å². The fraction of sp³-hybridized carbons (Fsp3) is 1.00. The van der Waals surface area contributed by atoms with Crippen molar-refractivity contribution in [2.45, 2.75) is 18.6 Å². The minimum atomic E-state index is -0.248. The van der Waals surface area contributed by atoms with E-state index in [4.69, 9.17) is 0 Å². The summed E-state index contributed by atoms with van der Waals surface area (Å²) in [4.78, 5) is 0. The van der Waals surface area contributed by atoms with Crippen LogP contribution < -0.4 is 0 Å². The lowest BCUT2D eigenvalue weighted by Crippen LogP contribution is -2.27. The molecule has 1 rings (SSSR count). The van der Waals surface area contributed by atoms with Crippen molar-refractivity contribution < 1.29 is 0 Å². The summed E-state index contributed by atoms with van der Waals surface area (Å²) in [6, 6.07) is 3.20. The zero-order valence-electron chi connectivity index (χ0n) is 5.15. The van der Waals surface area contributed by atoms with Gasteiger partial charge in [0.2, 0.25) is 0 Å². The van der Waals surface area contributed by atoms with Crippen LogP contribution in [-0.2, 0) is 0 Å². The van der Waals surface area contributed by atoms with Crippen LogP contribution in [0.1, 0.15) is 0 Å². The molecule has 0 radical (unpaired) electrons. The Morgan fingerprint density at radius 1 is 1.71 bits per heavy atom. The van der Waals surface area contributed by atoms with Gasteiger partial charge in [0, 0.05) is 0 Å². The van der Waals surface area contributed by atoms with Crippen LogP contribution in [0.25, 0.3) is 0 Å². The Labute approximate surface area is 49.3 Å². The molecule has 1 fully saturated rings. The predicted octanol–water partition coefficient (Wildman–Crippen LogP) is -0.213. The average Bonchev–Trinajstić information content (AvgIpc) is 1.91. The van der Waals surface area contributed by atoms with E-state index in [0.29, 0.717) is 9.68 Å². The zero-order valence-corrected chi connectivity index (χ0v) is 7.71. The molecule has 1 unspecified atom stereocenters. The molecule has 0 aromatic heterocycles. The van der Waals surface area contributed by atoms with Gasteiger partial charge in [-0.3, -0.25) is 0 Å². The van der Waals surface area contributed by atoms with E-state index >= 15 is 0 Å². The van der Waals surface area contributed by atoms with Gasteiger partial charge in [-0.25, -0.2) is 0 Å². The van der Waals surface area contributed by atoms with Crippen molar-refractivity contribution >= 4 is 18.6 Å². The minimum absolute atomic E-state index is 0.248. The van der Waals surface area contributed by atoms with Gasteiger partial charge in [-0.15, -0.1) is 0 Å². The fourth-order valence-corrected chi connectivity index (χ4v) is 7.97. The second kappa shape index (κ2) is 2.11. The summed E-state index contributed by atoms with van der Waals surface area (Å²) in [7, 11) is 2.38. The number of rotatable bonds is 0. The lowest BCUT2D eigenvalue weighted by atomic mass is 11.0. The van der Waals surface area contributed by atoms with Crippen molar-refractivity contribution in [2.24, 2.45) is 0 Å². The largest absolute Gasteiger partial charge is 0.355 e. The summed E-state index contributed by atoms with van der Waals surface area (Å²) >= 11 is 0. The second-order valence-corrected chi connectivity index (χ2v) is 8.51. The molecule has 0 bridgehead atoms. The molecular weight excluding hydrogens is 118 g/mol. The van der Waals surface area contributed by atoms with E-state index in [-0.39, 0.29) is 8.96 Å². The van der Waals surface area contributed by atoms with E-state index in [0.717, 1.165) is 0 Å². The zero-order chi connectivity index (χ0) is 5.28. The van der Waals surface area contributed by atoms with Crippen molar-refractivity contribution in [3.8, 4) is 0 Å². The van der Waals surface area contributed by atoms with Gasteiger partial charge in [0.1, 0.15) is 8.96 Å². The Morgan fingerprint density at radius 3 is 2.57 bits per heavy atom. The van der Waals surface area contributed by atoms with Crippen LogP contribution in [0.15, 0.2) is 0 Å². The summed E-state index contributed by atoms with van der Waals surface area (Å²) in [6.45, 7) is 2.46. The first-order valence-electron chi connectivity index (χ1n) is 3.01. The average molecular weight is 131 g/mol. The highest BCUT2D eigenvalue weighted by molar-refractivity contribution is 6.68. The van der Waals surface area contributed by atoms with Gasteiger partial charge in [-0.05, 0) is 13.1 Å². The van der Waals surface area contributed by atoms with Gasteiger partial charge in [-0.2, -0.15) is 0 Å². The van der Waals surface area contributed by atoms with Crippen LogP contribution in [0.3, 0.4) is 0 Å². The summed E-state index contributed by atoms with van der Waals surface area (Å²) in [5, 5.41) is 0. The lowest BCUT2D eigenvalue weighted by Gasteiger charge is -2.11. The number of hydrogen-bond acceptors (Lipinski definition) is 1. The molecule has 0 amide bonds. The molecule has 0 saturated carbocycles. The Hall–Kier alpha value is 0.394. The van der Waals surface area contributed by atoms with Crippen LogP contribution in [0.5, 0.6) is 0 Å². The van der Waals surface area contributed by atoms with Gasteiger partial charge in [0.25, 0.3) is 0 Å². The van der Waals surface area contributed by atoms with Crippen LogP contribution in [-0.4, -0.2) is 29.9 Å². The van der Waals surface area contributed by atoms with E-state index in [1.807, 2.05) is 0 Å². The maximum absolute atomic E-state index is 2.68. The highest BCUT2D eigenvalue weighted by Crippen LogP contribution is 2.09. The second-order valence-electron chi connectivity index (χ2n) is 2.47. The van der Waals surface area contributed by atoms with Crippen LogP contribution >= 0.6 is 0 Å². The molecule has 1 aliphatic heterocycles. The quantitative estimate of drug-likeness (QED) is 0.411. The van der Waals surface area contributed by atoms with E-state index in [2.05, 4.69) is 17.8 Å². The van der Waals surface area contributed by atoms with Gasteiger partial charge >= 0.3 is 0 Å². The Bertz CT molecular complexity index is 58.7. The van der Waals surface area contributed by atoms with Gasteiger partial charge in [0.15, 0.2) is 0 Å². The van der Waals surface area contributed by atoms with E-state index < -0.39 is 0 Å². The number of hydrogen-bond donors (Lipinski definition) is 0. The normalized spacial score (nSPS) is 37.7. The molecule has 0 aromatic carbocycles. The first kappa shape index (κ1) is 5.53. The van der Waals surface area contributed by atoms with Crippen molar-refractivity contribution in [1.29, 1.82) is 0 Å². The standard InChI is InChI=1S/C4H13NSi2/c1-5-6-3-4-7(5)2/h7H,3-4,6H2,1-2H3. The van der Waals surface area contributed by atoms with Crippen molar-refractivity contribution in [3.05, 3.63) is 0 Å². The lowest BCUT2D eigenvalue weighted by molar-refractivity contribution is 0.846.